The fourth-order valence-electron chi connectivity index (χ4n) is 6.98. The summed E-state index contributed by atoms with van der Waals surface area (Å²) in [5.41, 5.74) is 1.54. The highest BCUT2D eigenvalue weighted by Gasteiger charge is 2.52. The molecule has 4 fully saturated rings. The average Bonchev–Trinajstić information content (AvgIpc) is 3.05. The van der Waals surface area contributed by atoms with Crippen molar-refractivity contribution in [3.05, 3.63) is 36.4 Å². The Morgan fingerprint density at radius 1 is 1.03 bits per heavy atom. The van der Waals surface area contributed by atoms with Crippen LogP contribution in [0, 0.1) is 5.92 Å². The van der Waals surface area contributed by atoms with E-state index in [2.05, 4.69) is 79.5 Å². The van der Waals surface area contributed by atoms with Gasteiger partial charge in [0.15, 0.2) is 0 Å². The molecule has 10 heteroatoms. The van der Waals surface area contributed by atoms with Gasteiger partial charge in [-0.3, -0.25) is 25.8 Å². The van der Waals surface area contributed by atoms with E-state index < -0.39 is 5.60 Å². The molecule has 0 spiro atoms. The summed E-state index contributed by atoms with van der Waals surface area (Å²) in [6, 6.07) is 8.73. The molecule has 214 valence electrons. The first-order chi connectivity index (χ1) is 18.9. The van der Waals surface area contributed by atoms with Crippen molar-refractivity contribution in [1.82, 2.24) is 30.9 Å². The Kier molecular flexibility index (Phi) is 7.85. The van der Waals surface area contributed by atoms with E-state index in [1.54, 1.807) is 0 Å². The number of nitrogens with one attached hydrogen (secondary N) is 4. The second-order valence-electron chi connectivity index (χ2n) is 12.2. The molecule has 0 radical (unpaired) electrons. The Morgan fingerprint density at radius 3 is 2.72 bits per heavy atom. The molecule has 5 aliphatic rings. The summed E-state index contributed by atoms with van der Waals surface area (Å²) in [5, 5.41) is 30.0. The van der Waals surface area contributed by atoms with Gasteiger partial charge < -0.3 is 20.2 Å². The first-order valence-electron chi connectivity index (χ1n) is 14.9. The quantitative estimate of drug-likeness (QED) is 0.365. The van der Waals surface area contributed by atoms with Crippen LogP contribution in [-0.2, 0) is 4.79 Å². The minimum Gasteiger partial charge on any atom is -0.389 e. The fourth-order valence-corrected chi connectivity index (χ4v) is 6.98. The smallest absolute Gasteiger partial charge is 0.244 e. The number of carbonyl (C=O) groups excluding carboxylic acids is 1. The topological polar surface area (TPSA) is 98.4 Å². The zero-order valence-electron chi connectivity index (χ0n) is 23.5. The Labute approximate surface area is 232 Å². The number of piperidine rings is 1. The van der Waals surface area contributed by atoms with Gasteiger partial charge in [0.25, 0.3) is 0 Å². The van der Waals surface area contributed by atoms with Crippen molar-refractivity contribution in [2.75, 3.05) is 56.5 Å². The molecule has 0 aromatic heterocycles. The molecule has 1 amide bonds. The van der Waals surface area contributed by atoms with Crippen LogP contribution in [0.5, 0.6) is 0 Å². The number of hydrazine groups is 1. The van der Waals surface area contributed by atoms with Crippen LogP contribution >= 0.6 is 0 Å². The zero-order valence-corrected chi connectivity index (χ0v) is 23.5. The van der Waals surface area contributed by atoms with Crippen molar-refractivity contribution in [3.63, 3.8) is 0 Å². The van der Waals surface area contributed by atoms with E-state index in [1.165, 1.54) is 12.1 Å². The number of anilines is 2. The molecule has 6 rings (SSSR count). The molecule has 4 saturated heterocycles. The van der Waals surface area contributed by atoms with Gasteiger partial charge in [-0.2, -0.15) is 5.01 Å². The summed E-state index contributed by atoms with van der Waals surface area (Å²) in [6.45, 7) is 7.51. The summed E-state index contributed by atoms with van der Waals surface area (Å²) in [4.78, 5) is 18.4. The second-order valence-corrected chi connectivity index (χ2v) is 12.2. The highest BCUT2D eigenvalue weighted by atomic mass is 16.3. The normalized spacial score (nSPS) is 37.4. The summed E-state index contributed by atoms with van der Waals surface area (Å²) in [7, 11) is 2.20. The SMILES string of the molecule is CN1CCCN(c2ccc(NC3NCC4C(=O)N5C/C=C\CC[C@@](C)(O)C6CCCC(N6)N5C4N3)cc2)CC1. The molecule has 0 aliphatic carbocycles. The largest absolute Gasteiger partial charge is 0.389 e. The van der Waals surface area contributed by atoms with E-state index in [0.29, 0.717) is 13.1 Å². The maximum Gasteiger partial charge on any atom is 0.244 e. The predicted molar refractivity (Wildman–Crippen MR) is 154 cm³/mol. The van der Waals surface area contributed by atoms with E-state index in [0.717, 1.165) is 64.0 Å². The van der Waals surface area contributed by atoms with Gasteiger partial charge in [0, 0.05) is 43.6 Å². The van der Waals surface area contributed by atoms with Crippen LogP contribution in [0.1, 0.15) is 45.4 Å². The van der Waals surface area contributed by atoms with Crippen molar-refractivity contribution in [3.8, 4) is 0 Å². The Bertz CT molecular complexity index is 1030. The summed E-state index contributed by atoms with van der Waals surface area (Å²) in [6.07, 6.45) is 9.55. The third-order valence-electron chi connectivity index (χ3n) is 9.35. The number of rotatable bonds is 3. The first-order valence-corrected chi connectivity index (χ1v) is 14.9. The molecule has 5 unspecified atom stereocenters. The summed E-state index contributed by atoms with van der Waals surface area (Å²) >= 11 is 0. The lowest BCUT2D eigenvalue weighted by Gasteiger charge is -2.47. The van der Waals surface area contributed by atoms with Gasteiger partial charge in [-0.15, -0.1) is 0 Å². The lowest BCUT2D eigenvalue weighted by molar-refractivity contribution is -0.146. The number of carbonyl (C=O) groups is 1. The number of amides is 1. The maximum atomic E-state index is 13.6. The van der Waals surface area contributed by atoms with Crippen LogP contribution < -0.4 is 26.2 Å². The third-order valence-corrected chi connectivity index (χ3v) is 9.35. The molecule has 5 aliphatic heterocycles. The molecule has 6 atom stereocenters. The monoisotopic (exact) mass is 538 g/mol. The van der Waals surface area contributed by atoms with Crippen LogP contribution in [0.4, 0.5) is 11.4 Å². The van der Waals surface area contributed by atoms with E-state index >= 15 is 0 Å². The molecule has 5 heterocycles. The first kappa shape index (κ1) is 27.0. The van der Waals surface area contributed by atoms with E-state index in [4.69, 9.17) is 0 Å². The summed E-state index contributed by atoms with van der Waals surface area (Å²) in [5.74, 6) is -0.00361. The van der Waals surface area contributed by atoms with Gasteiger partial charge >= 0.3 is 0 Å². The number of hydrogen-bond acceptors (Lipinski definition) is 9. The molecule has 1 aromatic carbocycles. The minimum absolute atomic E-state index is 0.00104. The number of nitrogens with zero attached hydrogens (tertiary/aromatic N) is 4. The lowest BCUT2D eigenvalue weighted by Crippen LogP contribution is -2.69. The van der Waals surface area contributed by atoms with Crippen LogP contribution in [0.3, 0.4) is 0 Å². The van der Waals surface area contributed by atoms with Crippen molar-refractivity contribution < 1.29 is 9.90 Å². The van der Waals surface area contributed by atoms with Crippen molar-refractivity contribution in [2.24, 2.45) is 5.92 Å². The van der Waals surface area contributed by atoms with Gasteiger partial charge in [-0.25, -0.2) is 0 Å². The molecule has 1 aromatic rings. The molecular weight excluding hydrogens is 492 g/mol. The number of hydrogen-bond donors (Lipinski definition) is 5. The van der Waals surface area contributed by atoms with Gasteiger partial charge in [0.2, 0.25) is 5.91 Å². The van der Waals surface area contributed by atoms with Crippen LogP contribution in [0.25, 0.3) is 0 Å². The molecule has 5 N–H and O–H groups in total. The van der Waals surface area contributed by atoms with Crippen LogP contribution in [0.2, 0.25) is 0 Å². The van der Waals surface area contributed by atoms with Gasteiger partial charge in [0.05, 0.1) is 30.4 Å². The van der Waals surface area contributed by atoms with Crippen molar-refractivity contribution in [2.45, 2.75) is 75.7 Å². The third kappa shape index (κ3) is 5.68. The number of allylic oxidation sites excluding steroid dienone is 1. The standard InChI is InChI=1S/C29H46N8O2/c1-29(39)14-4-3-5-17-36-27(38)23-20-30-28(33-26(23)37(36)25-9-6-8-24(29)32-25)31-21-10-12-22(13-11-21)35-16-7-15-34(2)18-19-35/h3,5,10-13,23-26,28,30-33,39H,4,6-9,14-20H2,1-2H3/b5-3-/t23?,24?,25?,26?,28?,29-/m1/s1. The van der Waals surface area contributed by atoms with Gasteiger partial charge in [0.1, 0.15) is 6.29 Å². The fraction of sp³-hybridized carbons (Fsp3) is 0.690. The molecule has 39 heavy (non-hydrogen) atoms. The minimum atomic E-state index is -0.775. The van der Waals surface area contributed by atoms with Crippen LogP contribution in [-0.4, -0.2) is 103 Å². The number of benzene rings is 1. The van der Waals surface area contributed by atoms with Crippen LogP contribution in [0.15, 0.2) is 36.4 Å². The highest BCUT2D eigenvalue weighted by molar-refractivity contribution is 5.82. The lowest BCUT2D eigenvalue weighted by atomic mass is 9.85. The van der Waals surface area contributed by atoms with E-state index in [9.17, 15) is 9.90 Å². The second kappa shape index (κ2) is 11.3. The average molecular weight is 539 g/mol. The Balaban J connectivity index is 1.16. The maximum absolute atomic E-state index is 13.6. The molecule has 0 saturated carbocycles. The van der Waals surface area contributed by atoms with Gasteiger partial charge in [-0.05, 0) is 83.3 Å². The molecular formula is C29H46N8O2. The Morgan fingerprint density at radius 2 is 1.87 bits per heavy atom. The number of aliphatic hydroxyl groups is 1. The van der Waals surface area contributed by atoms with E-state index in [1.807, 2.05) is 11.9 Å². The van der Waals surface area contributed by atoms with Gasteiger partial charge in [-0.1, -0.05) is 12.2 Å². The number of fused-ring (bicyclic) bond motifs is 6. The Hall–Kier alpha value is -2.21. The summed E-state index contributed by atoms with van der Waals surface area (Å²) < 4.78 is 0. The molecule has 10 nitrogen and oxygen atoms in total. The highest BCUT2D eigenvalue weighted by Crippen LogP contribution is 2.34. The van der Waals surface area contributed by atoms with Crippen molar-refractivity contribution >= 4 is 17.3 Å². The predicted octanol–water partition coefficient (Wildman–Crippen LogP) is 1.29. The molecule has 2 bridgehead atoms. The number of likely N-dealkylation sites (N-methyl/N-ethyl adjacent to an activating group) is 1. The zero-order chi connectivity index (χ0) is 27.0. The van der Waals surface area contributed by atoms with E-state index in [-0.39, 0.29) is 36.5 Å². The van der Waals surface area contributed by atoms with Crippen molar-refractivity contribution in [1.29, 1.82) is 0 Å².